The largest absolute Gasteiger partial charge is 0.329 e. The summed E-state index contributed by atoms with van der Waals surface area (Å²) < 4.78 is 17.1. The van der Waals surface area contributed by atoms with E-state index in [1.807, 2.05) is 6.92 Å². The van der Waals surface area contributed by atoms with Crippen LogP contribution in [0.2, 0.25) is 0 Å². The zero-order valence-corrected chi connectivity index (χ0v) is 8.27. The summed E-state index contributed by atoms with van der Waals surface area (Å²) >= 11 is 0. The molecule has 0 N–H and O–H groups in total. The lowest BCUT2D eigenvalue weighted by atomic mass is 10.1. The first kappa shape index (κ1) is 9.28. The lowest BCUT2D eigenvalue weighted by molar-refractivity contribution is 0.319. The van der Waals surface area contributed by atoms with Crippen LogP contribution in [0.3, 0.4) is 0 Å². The van der Waals surface area contributed by atoms with E-state index >= 15 is 0 Å². The van der Waals surface area contributed by atoms with Gasteiger partial charge in [0.15, 0.2) is 0 Å². The normalized spacial score (nSPS) is 38.9. The van der Waals surface area contributed by atoms with Crippen LogP contribution in [0.4, 0.5) is 0 Å². The van der Waals surface area contributed by atoms with Gasteiger partial charge in [0, 0.05) is 12.3 Å². The second-order valence-electron chi connectivity index (χ2n) is 3.39. The van der Waals surface area contributed by atoms with E-state index in [4.69, 9.17) is 4.52 Å². The summed E-state index contributed by atoms with van der Waals surface area (Å²) in [5.74, 6) is 0.598. The minimum absolute atomic E-state index is 0.598. The third kappa shape index (κ3) is 2.61. The van der Waals surface area contributed by atoms with Gasteiger partial charge in [-0.15, -0.1) is 0 Å². The fraction of sp³-hybridized carbons (Fsp3) is 1.00. The third-order valence-corrected chi connectivity index (χ3v) is 5.06. The second kappa shape index (κ2) is 3.73. The van der Waals surface area contributed by atoms with Gasteiger partial charge in [-0.3, -0.25) is 4.57 Å². The average molecular weight is 176 g/mol. The Balaban J connectivity index is 2.49. The van der Waals surface area contributed by atoms with Crippen LogP contribution in [0.25, 0.3) is 0 Å². The number of rotatable bonds is 2. The van der Waals surface area contributed by atoms with E-state index in [1.54, 1.807) is 0 Å². The lowest BCUT2D eigenvalue weighted by Crippen LogP contribution is -2.13. The maximum Gasteiger partial charge on any atom is 0.203 e. The van der Waals surface area contributed by atoms with Crippen molar-refractivity contribution < 1.29 is 9.09 Å². The predicted octanol–water partition coefficient (Wildman–Crippen LogP) is 2.73. The molecule has 1 heterocycles. The summed E-state index contributed by atoms with van der Waals surface area (Å²) in [5, 5.41) is 0. The Labute approximate surface area is 68.8 Å². The molecule has 0 aromatic rings. The van der Waals surface area contributed by atoms with Gasteiger partial charge in [-0.1, -0.05) is 6.92 Å². The maximum absolute atomic E-state index is 11.8. The molecule has 11 heavy (non-hydrogen) atoms. The molecule has 1 saturated heterocycles. The van der Waals surface area contributed by atoms with Crippen LogP contribution in [0, 0.1) is 5.92 Å². The van der Waals surface area contributed by atoms with Gasteiger partial charge in [-0.2, -0.15) is 0 Å². The molecule has 0 amide bonds. The fourth-order valence-electron chi connectivity index (χ4n) is 1.69. The van der Waals surface area contributed by atoms with E-state index in [0.29, 0.717) is 12.5 Å². The van der Waals surface area contributed by atoms with Gasteiger partial charge in [-0.25, -0.2) is 0 Å². The van der Waals surface area contributed by atoms with Gasteiger partial charge >= 0.3 is 0 Å². The van der Waals surface area contributed by atoms with Crippen LogP contribution in [0.5, 0.6) is 0 Å². The minimum atomic E-state index is -2.17. The molecule has 1 aliphatic heterocycles. The van der Waals surface area contributed by atoms with Gasteiger partial charge < -0.3 is 4.52 Å². The summed E-state index contributed by atoms with van der Waals surface area (Å²) in [4.78, 5) is 0. The van der Waals surface area contributed by atoms with Crippen molar-refractivity contribution >= 4 is 7.37 Å². The van der Waals surface area contributed by atoms with Crippen molar-refractivity contribution in [1.29, 1.82) is 0 Å². The summed E-state index contributed by atoms with van der Waals surface area (Å²) in [6.07, 6.45) is 3.92. The highest BCUT2D eigenvalue weighted by Crippen LogP contribution is 2.52. The Morgan fingerprint density at radius 2 is 2.36 bits per heavy atom. The molecule has 2 nitrogen and oxygen atoms in total. The molecule has 3 heteroatoms. The maximum atomic E-state index is 11.8. The molecule has 0 aromatic carbocycles. The second-order valence-corrected chi connectivity index (χ2v) is 6.09. The van der Waals surface area contributed by atoms with Gasteiger partial charge in [0.2, 0.25) is 7.37 Å². The third-order valence-electron chi connectivity index (χ3n) is 2.15. The first-order valence-corrected chi connectivity index (χ1v) is 6.38. The van der Waals surface area contributed by atoms with Crippen LogP contribution in [-0.4, -0.2) is 18.9 Å². The summed E-state index contributed by atoms with van der Waals surface area (Å²) in [7, 11) is -2.17. The molecule has 2 unspecified atom stereocenters. The van der Waals surface area contributed by atoms with E-state index in [1.165, 1.54) is 6.42 Å². The predicted molar refractivity (Wildman–Crippen MR) is 47.4 cm³/mol. The Kier molecular flexibility index (Phi) is 3.15. The zero-order chi connectivity index (χ0) is 8.32. The minimum Gasteiger partial charge on any atom is -0.329 e. The van der Waals surface area contributed by atoms with Crippen LogP contribution >= 0.6 is 7.37 Å². The van der Waals surface area contributed by atoms with Gasteiger partial charge in [0.1, 0.15) is 0 Å². The quantitative estimate of drug-likeness (QED) is 0.604. The highest BCUT2D eigenvalue weighted by atomic mass is 31.2. The van der Waals surface area contributed by atoms with E-state index < -0.39 is 7.37 Å². The van der Waals surface area contributed by atoms with Crippen molar-refractivity contribution in [2.75, 3.05) is 18.9 Å². The molecule has 2 atom stereocenters. The van der Waals surface area contributed by atoms with Crippen LogP contribution < -0.4 is 0 Å². The van der Waals surface area contributed by atoms with Crippen molar-refractivity contribution in [2.24, 2.45) is 5.92 Å². The molecule has 1 fully saturated rings. The molecule has 0 spiro atoms. The Bertz CT molecular complexity index is 161. The van der Waals surface area contributed by atoms with E-state index in [9.17, 15) is 4.57 Å². The fourth-order valence-corrected chi connectivity index (χ4v) is 4.37. The smallest absolute Gasteiger partial charge is 0.203 e. The van der Waals surface area contributed by atoms with E-state index in [0.717, 1.165) is 18.7 Å². The summed E-state index contributed by atoms with van der Waals surface area (Å²) in [6.45, 7) is 4.67. The summed E-state index contributed by atoms with van der Waals surface area (Å²) in [6, 6.07) is 0. The molecule has 0 saturated carbocycles. The van der Waals surface area contributed by atoms with Gasteiger partial charge in [0.05, 0.1) is 6.61 Å². The Morgan fingerprint density at radius 3 is 2.91 bits per heavy atom. The van der Waals surface area contributed by atoms with Crippen molar-refractivity contribution in [1.82, 2.24) is 0 Å². The van der Waals surface area contributed by atoms with Crippen molar-refractivity contribution in [3.05, 3.63) is 0 Å². The van der Waals surface area contributed by atoms with Crippen molar-refractivity contribution in [3.63, 3.8) is 0 Å². The average Bonchev–Trinajstić information content (AvgIpc) is 1.86. The Hall–Kier alpha value is 0.190. The van der Waals surface area contributed by atoms with Crippen molar-refractivity contribution in [2.45, 2.75) is 26.7 Å². The molecule has 0 aromatic heterocycles. The highest BCUT2D eigenvalue weighted by Gasteiger charge is 2.29. The topological polar surface area (TPSA) is 26.3 Å². The standard InChI is InChI=1S/C8H17O2P/c1-3-10-11(9)6-4-5-8(2)7-11/h8H,3-7H2,1-2H3. The van der Waals surface area contributed by atoms with E-state index in [2.05, 4.69) is 6.92 Å². The van der Waals surface area contributed by atoms with Crippen LogP contribution in [0.1, 0.15) is 26.7 Å². The molecule has 1 rings (SSSR count). The molecule has 0 radical (unpaired) electrons. The first-order valence-electron chi connectivity index (χ1n) is 4.39. The lowest BCUT2D eigenvalue weighted by Gasteiger charge is -2.26. The van der Waals surface area contributed by atoms with Gasteiger partial charge in [0.25, 0.3) is 0 Å². The molecular formula is C8H17O2P. The zero-order valence-electron chi connectivity index (χ0n) is 7.38. The van der Waals surface area contributed by atoms with E-state index in [-0.39, 0.29) is 0 Å². The molecule has 0 aliphatic carbocycles. The number of hydrogen-bond acceptors (Lipinski definition) is 2. The number of hydrogen-bond donors (Lipinski definition) is 0. The Morgan fingerprint density at radius 1 is 1.64 bits per heavy atom. The molecule has 0 bridgehead atoms. The van der Waals surface area contributed by atoms with Gasteiger partial charge in [-0.05, 0) is 25.7 Å². The molecular weight excluding hydrogens is 159 g/mol. The highest BCUT2D eigenvalue weighted by molar-refractivity contribution is 7.59. The SMILES string of the molecule is CCOP1(=O)CCCC(C)C1. The first-order chi connectivity index (χ1) is 5.16. The molecule has 1 aliphatic rings. The summed E-state index contributed by atoms with van der Waals surface area (Å²) in [5.41, 5.74) is 0. The monoisotopic (exact) mass is 176 g/mol. The van der Waals surface area contributed by atoms with Crippen molar-refractivity contribution in [3.8, 4) is 0 Å². The van der Waals surface area contributed by atoms with Crippen LogP contribution in [-0.2, 0) is 9.09 Å². The van der Waals surface area contributed by atoms with Crippen LogP contribution in [0.15, 0.2) is 0 Å². The molecule has 66 valence electrons.